The zero-order valence-electron chi connectivity index (χ0n) is 19.2. The third-order valence-corrected chi connectivity index (χ3v) is 7.79. The highest BCUT2D eigenvalue weighted by molar-refractivity contribution is 7.88. The Morgan fingerprint density at radius 2 is 1.89 bits per heavy atom. The molecule has 0 radical (unpaired) electrons. The Hall–Kier alpha value is -2.96. The summed E-state index contributed by atoms with van der Waals surface area (Å²) in [4.78, 5) is 10.5. The predicted molar refractivity (Wildman–Crippen MR) is 140 cm³/mol. The number of aromatic amines is 1. The maximum Gasteiger partial charge on any atom is 0.212 e. The number of halogens is 2. The van der Waals surface area contributed by atoms with Gasteiger partial charge in [0.2, 0.25) is 10.0 Å². The van der Waals surface area contributed by atoms with Gasteiger partial charge in [-0.15, -0.1) is 0 Å². The Labute approximate surface area is 218 Å². The summed E-state index contributed by atoms with van der Waals surface area (Å²) in [5.74, 6) is 1.22. The minimum absolute atomic E-state index is 0.281. The number of fused-ring (bicyclic) bond motifs is 1. The lowest BCUT2D eigenvalue weighted by Gasteiger charge is -2.34. The van der Waals surface area contributed by atoms with E-state index in [0.717, 1.165) is 29.4 Å². The van der Waals surface area contributed by atoms with Crippen molar-refractivity contribution in [2.75, 3.05) is 30.9 Å². The van der Waals surface area contributed by atoms with Gasteiger partial charge >= 0.3 is 0 Å². The van der Waals surface area contributed by atoms with Gasteiger partial charge in [0.1, 0.15) is 17.3 Å². The summed E-state index contributed by atoms with van der Waals surface area (Å²) in [6.45, 7) is 1.53. The van der Waals surface area contributed by atoms with Gasteiger partial charge in [-0.3, -0.25) is 15.8 Å². The van der Waals surface area contributed by atoms with E-state index < -0.39 is 16.3 Å². The standard InChI is InChI=1S/C23H23Cl2N7O3S/c1-36(33,34)32-8-2-7-31(13-32)20-6-3-14(10-28-20)22-16-9-15(4-5-19(16)29-30-22)35-23(26)21-17(24)11-27-12-18(21)25/h3-6,9-12,23H,2,7-8,13,26H2,1H3,(H,29,30)/t23-/m0/s1. The highest BCUT2D eigenvalue weighted by Crippen LogP contribution is 2.33. The molecule has 1 atom stereocenters. The first-order valence-electron chi connectivity index (χ1n) is 11.1. The van der Waals surface area contributed by atoms with Crippen LogP contribution in [0.4, 0.5) is 5.82 Å². The number of hydrogen-bond donors (Lipinski definition) is 2. The number of anilines is 1. The molecule has 13 heteroatoms. The predicted octanol–water partition coefficient (Wildman–Crippen LogP) is 3.79. The number of rotatable bonds is 6. The zero-order valence-corrected chi connectivity index (χ0v) is 21.6. The number of H-pyrrole nitrogens is 1. The van der Waals surface area contributed by atoms with Crippen LogP contribution in [0, 0.1) is 0 Å². The van der Waals surface area contributed by atoms with Crippen molar-refractivity contribution in [2.45, 2.75) is 12.6 Å². The number of ether oxygens (including phenoxy) is 1. The number of aromatic nitrogens is 4. The number of nitrogens with one attached hydrogen (secondary N) is 1. The molecule has 0 aliphatic carbocycles. The summed E-state index contributed by atoms with van der Waals surface area (Å²) in [5.41, 5.74) is 8.98. The van der Waals surface area contributed by atoms with Crippen LogP contribution in [0.2, 0.25) is 10.0 Å². The Bertz CT molecular complexity index is 1490. The molecule has 10 nitrogen and oxygen atoms in total. The molecule has 3 N–H and O–H groups in total. The molecule has 3 aromatic heterocycles. The lowest BCUT2D eigenvalue weighted by Crippen LogP contribution is -2.47. The van der Waals surface area contributed by atoms with Crippen molar-refractivity contribution in [3.05, 3.63) is 64.5 Å². The lowest BCUT2D eigenvalue weighted by molar-refractivity contribution is 0.214. The van der Waals surface area contributed by atoms with Crippen LogP contribution < -0.4 is 15.4 Å². The normalized spacial score (nSPS) is 15.8. The second-order valence-electron chi connectivity index (χ2n) is 8.44. The topological polar surface area (TPSA) is 130 Å². The molecule has 1 aromatic carbocycles. The fourth-order valence-corrected chi connectivity index (χ4v) is 5.52. The highest BCUT2D eigenvalue weighted by Gasteiger charge is 2.25. The molecule has 0 amide bonds. The van der Waals surface area contributed by atoms with E-state index in [1.54, 1.807) is 12.3 Å². The molecule has 0 unspecified atom stereocenters. The third kappa shape index (κ3) is 4.97. The molecule has 36 heavy (non-hydrogen) atoms. The molecule has 4 heterocycles. The van der Waals surface area contributed by atoms with Crippen molar-refractivity contribution in [2.24, 2.45) is 5.73 Å². The third-order valence-electron chi connectivity index (χ3n) is 5.95. The molecule has 0 saturated carbocycles. The van der Waals surface area contributed by atoms with E-state index in [1.807, 2.05) is 29.2 Å². The average molecular weight is 548 g/mol. The molecular weight excluding hydrogens is 525 g/mol. The molecule has 4 aromatic rings. The fourth-order valence-electron chi connectivity index (χ4n) is 4.13. The number of hydrogen-bond acceptors (Lipinski definition) is 8. The van der Waals surface area contributed by atoms with Gasteiger partial charge in [0.15, 0.2) is 6.23 Å². The minimum Gasteiger partial charge on any atom is -0.471 e. The van der Waals surface area contributed by atoms with Gasteiger partial charge in [0.05, 0.1) is 28.5 Å². The summed E-state index contributed by atoms with van der Waals surface area (Å²) >= 11 is 12.4. The largest absolute Gasteiger partial charge is 0.471 e. The lowest BCUT2D eigenvalue weighted by atomic mass is 10.1. The Kier molecular flexibility index (Phi) is 6.75. The monoisotopic (exact) mass is 547 g/mol. The molecule has 1 aliphatic rings. The summed E-state index contributed by atoms with van der Waals surface area (Å²) < 4.78 is 31.3. The number of nitrogens with zero attached hydrogens (tertiary/aromatic N) is 5. The average Bonchev–Trinajstić information content (AvgIpc) is 3.27. The summed E-state index contributed by atoms with van der Waals surface area (Å²) in [6, 6.07) is 9.23. The van der Waals surface area contributed by atoms with Crippen molar-refractivity contribution in [3.63, 3.8) is 0 Å². The molecule has 0 spiro atoms. The van der Waals surface area contributed by atoms with Gasteiger partial charge in [-0.05, 0) is 36.8 Å². The SMILES string of the molecule is CS(=O)(=O)N1CCCN(c2ccc(-c3n[nH]c4ccc(O[C@H](N)c5c(Cl)cncc5Cl)cc34)cn2)C1. The molecule has 188 valence electrons. The van der Waals surface area contributed by atoms with E-state index in [0.29, 0.717) is 39.4 Å². The van der Waals surface area contributed by atoms with E-state index >= 15 is 0 Å². The van der Waals surface area contributed by atoms with Gasteiger partial charge in [-0.1, -0.05) is 23.2 Å². The molecule has 1 fully saturated rings. The first-order chi connectivity index (χ1) is 17.2. The molecule has 1 saturated heterocycles. The van der Waals surface area contributed by atoms with Gasteiger partial charge in [-0.2, -0.15) is 9.40 Å². The summed E-state index contributed by atoms with van der Waals surface area (Å²) in [6.07, 6.45) is 5.71. The molecule has 1 aliphatic heterocycles. The van der Waals surface area contributed by atoms with Crippen LogP contribution in [0.5, 0.6) is 5.75 Å². The number of pyridine rings is 2. The van der Waals surface area contributed by atoms with Crippen molar-refractivity contribution in [1.29, 1.82) is 0 Å². The molecular formula is C23H23Cl2N7O3S. The maximum absolute atomic E-state index is 11.9. The quantitative estimate of drug-likeness (QED) is 0.348. The van der Waals surface area contributed by atoms with Crippen LogP contribution in [0.25, 0.3) is 22.2 Å². The van der Waals surface area contributed by atoms with Crippen LogP contribution >= 0.6 is 23.2 Å². The van der Waals surface area contributed by atoms with Crippen molar-refractivity contribution in [1.82, 2.24) is 24.5 Å². The molecule has 0 bridgehead atoms. The first kappa shape index (κ1) is 24.7. The van der Waals surface area contributed by atoms with Crippen molar-refractivity contribution < 1.29 is 13.2 Å². The van der Waals surface area contributed by atoms with Crippen LogP contribution in [0.3, 0.4) is 0 Å². The highest BCUT2D eigenvalue weighted by atomic mass is 35.5. The smallest absolute Gasteiger partial charge is 0.212 e. The Balaban J connectivity index is 1.38. The Morgan fingerprint density at radius 3 is 2.58 bits per heavy atom. The second kappa shape index (κ2) is 9.83. The van der Waals surface area contributed by atoms with E-state index in [9.17, 15) is 8.42 Å². The summed E-state index contributed by atoms with van der Waals surface area (Å²) in [7, 11) is -3.26. The van der Waals surface area contributed by atoms with Gasteiger partial charge in [-0.25, -0.2) is 13.4 Å². The van der Waals surface area contributed by atoms with Gasteiger partial charge in [0, 0.05) is 48.2 Å². The van der Waals surface area contributed by atoms with Crippen molar-refractivity contribution in [3.8, 4) is 17.0 Å². The maximum atomic E-state index is 11.9. The number of sulfonamides is 1. The fraction of sp³-hybridized carbons (Fsp3) is 0.261. The minimum atomic E-state index is -3.26. The van der Waals surface area contributed by atoms with Crippen LogP contribution in [-0.2, 0) is 10.0 Å². The molecule has 5 rings (SSSR count). The van der Waals surface area contributed by atoms with E-state index in [-0.39, 0.29) is 6.67 Å². The van der Waals surface area contributed by atoms with E-state index in [4.69, 9.17) is 33.7 Å². The van der Waals surface area contributed by atoms with Crippen LogP contribution in [-0.4, -0.2) is 58.9 Å². The van der Waals surface area contributed by atoms with E-state index in [2.05, 4.69) is 20.2 Å². The summed E-state index contributed by atoms with van der Waals surface area (Å²) in [5, 5.41) is 8.93. The number of nitrogens with two attached hydrogens (primary N) is 1. The van der Waals surface area contributed by atoms with Crippen LogP contribution in [0.1, 0.15) is 18.2 Å². The number of benzene rings is 1. The van der Waals surface area contributed by atoms with Crippen molar-refractivity contribution >= 4 is 49.9 Å². The van der Waals surface area contributed by atoms with Gasteiger partial charge < -0.3 is 9.64 Å². The second-order valence-corrected chi connectivity index (χ2v) is 11.2. The zero-order chi connectivity index (χ0) is 25.4. The van der Waals surface area contributed by atoms with E-state index in [1.165, 1.54) is 23.0 Å². The van der Waals surface area contributed by atoms with Gasteiger partial charge in [0.25, 0.3) is 0 Å². The Morgan fingerprint density at radius 1 is 1.11 bits per heavy atom. The first-order valence-corrected chi connectivity index (χ1v) is 13.7. The van der Waals surface area contributed by atoms with Crippen LogP contribution in [0.15, 0.2) is 48.9 Å².